The van der Waals surface area contributed by atoms with E-state index < -0.39 is 34.6 Å². The molecule has 0 aliphatic carbocycles. The van der Waals surface area contributed by atoms with E-state index in [1.807, 2.05) is 24.0 Å². The number of nitrogens with zero attached hydrogens (tertiary/aromatic N) is 5. The molecular formula is C23H34N6O6. The van der Waals surface area contributed by atoms with Crippen LogP contribution in [0.4, 0.5) is 11.4 Å². The van der Waals surface area contributed by atoms with E-state index in [1.54, 1.807) is 47.6 Å². The summed E-state index contributed by atoms with van der Waals surface area (Å²) in [6.07, 6.45) is 0. The second kappa shape index (κ2) is 10.5. The Labute approximate surface area is 204 Å². The van der Waals surface area contributed by atoms with Crippen LogP contribution >= 0.6 is 0 Å². The lowest BCUT2D eigenvalue weighted by atomic mass is 10.00. The maximum Gasteiger partial charge on any atom is 0.363 e. The van der Waals surface area contributed by atoms with Gasteiger partial charge in [-0.25, -0.2) is 15.5 Å². The summed E-state index contributed by atoms with van der Waals surface area (Å²) >= 11 is 0. The van der Waals surface area contributed by atoms with Gasteiger partial charge in [-0.1, -0.05) is 17.2 Å². The predicted octanol–water partition coefficient (Wildman–Crippen LogP) is 2.90. The van der Waals surface area contributed by atoms with Crippen LogP contribution < -0.4 is 10.8 Å². The van der Waals surface area contributed by atoms with Crippen molar-refractivity contribution in [3.8, 4) is 0 Å². The van der Waals surface area contributed by atoms with E-state index in [2.05, 4.69) is 10.0 Å². The Kier molecular flexibility index (Phi) is 8.38. The second-order valence-electron chi connectivity index (χ2n) is 10.3. The summed E-state index contributed by atoms with van der Waals surface area (Å²) in [4.78, 5) is 50.8. The van der Waals surface area contributed by atoms with Gasteiger partial charge in [-0.2, -0.15) is 0 Å². The van der Waals surface area contributed by atoms with Crippen LogP contribution in [0.1, 0.15) is 47.1 Å². The minimum absolute atomic E-state index is 0.138. The fourth-order valence-electron chi connectivity index (χ4n) is 3.50. The third-order valence-corrected chi connectivity index (χ3v) is 5.04. The number of anilines is 1. The summed E-state index contributed by atoms with van der Waals surface area (Å²) in [7, 11) is 0. The molecule has 1 aromatic rings. The quantitative estimate of drug-likeness (QED) is 0.159. The number of aryl methyl sites for hydroxylation is 1. The molecule has 192 valence electrons. The Bertz CT molecular complexity index is 986. The zero-order valence-corrected chi connectivity index (χ0v) is 21.3. The highest BCUT2D eigenvalue weighted by molar-refractivity contribution is 6.23. The van der Waals surface area contributed by atoms with Crippen LogP contribution in [-0.2, 0) is 28.7 Å². The van der Waals surface area contributed by atoms with Gasteiger partial charge in [0.25, 0.3) is 5.91 Å². The number of hydrogen-bond donors (Lipinski definition) is 1. The van der Waals surface area contributed by atoms with Gasteiger partial charge in [0.2, 0.25) is 0 Å². The van der Waals surface area contributed by atoms with Crippen molar-refractivity contribution in [2.75, 3.05) is 31.1 Å². The summed E-state index contributed by atoms with van der Waals surface area (Å²) in [6.45, 7) is 12.4. The van der Waals surface area contributed by atoms with E-state index in [9.17, 15) is 14.4 Å². The highest BCUT2D eigenvalue weighted by atomic mass is 16.7. The molecule has 0 radical (unpaired) electrons. The second-order valence-corrected chi connectivity index (χ2v) is 10.3. The Balaban J connectivity index is 2.35. The molecule has 0 unspecified atom stereocenters. The zero-order chi connectivity index (χ0) is 26.6. The summed E-state index contributed by atoms with van der Waals surface area (Å²) in [5, 5.41) is 3.74. The third-order valence-electron chi connectivity index (χ3n) is 5.04. The summed E-state index contributed by atoms with van der Waals surface area (Å²) in [6, 6.07) is 5.44. The van der Waals surface area contributed by atoms with Crippen molar-refractivity contribution in [2.24, 2.45) is 11.0 Å². The molecule has 12 heteroatoms. The Hall–Kier alpha value is -3.34. The molecule has 35 heavy (non-hydrogen) atoms. The van der Waals surface area contributed by atoms with Crippen LogP contribution in [-0.4, -0.2) is 65.7 Å². The van der Waals surface area contributed by atoms with Crippen LogP contribution in [0.5, 0.6) is 0 Å². The largest absolute Gasteiger partial charge is 0.457 e. The van der Waals surface area contributed by atoms with Crippen molar-refractivity contribution in [3.63, 3.8) is 0 Å². The van der Waals surface area contributed by atoms with Gasteiger partial charge in [0.1, 0.15) is 11.2 Å². The molecule has 0 saturated carbocycles. The van der Waals surface area contributed by atoms with Gasteiger partial charge < -0.3 is 19.3 Å². The highest BCUT2D eigenvalue weighted by Crippen LogP contribution is 2.32. The number of piperazine rings is 1. The molecule has 1 heterocycles. The number of amides is 1. The lowest BCUT2D eigenvalue weighted by molar-refractivity contribution is -0.208. The monoisotopic (exact) mass is 490 g/mol. The number of nitrogens with two attached hydrogens (primary N) is 1. The lowest BCUT2D eigenvalue weighted by Gasteiger charge is -2.40. The Morgan fingerprint density at radius 1 is 0.971 bits per heavy atom. The first kappa shape index (κ1) is 27.9. The van der Waals surface area contributed by atoms with Gasteiger partial charge in [-0.15, -0.1) is 0 Å². The molecule has 0 atom stereocenters. The van der Waals surface area contributed by atoms with E-state index in [0.717, 1.165) is 11.3 Å². The number of rotatable bonds is 6. The van der Waals surface area contributed by atoms with Crippen LogP contribution in [0.25, 0.3) is 10.4 Å². The van der Waals surface area contributed by atoms with Crippen LogP contribution in [0, 0.1) is 6.92 Å². The predicted molar refractivity (Wildman–Crippen MR) is 128 cm³/mol. The zero-order valence-electron chi connectivity index (χ0n) is 21.3. The molecule has 0 spiro atoms. The standard InChI is InChI=1S/C23H34N6O6/c1-15-8-9-16(26-27-24)17(14-15)28-10-12-29(13-11-28)18(30)23(35-25,19(31)33-21(2,3)4)20(32)34-22(5,6)7/h8-9,14H,10-13,25H2,1-7H3. The number of azide groups is 1. The third kappa shape index (κ3) is 6.62. The number of carbonyl (C=O) groups excluding carboxylic acids is 3. The number of carbonyl (C=O) groups is 3. The summed E-state index contributed by atoms with van der Waals surface area (Å²) in [5.41, 5.74) is 6.17. The molecule has 1 aliphatic rings. The molecule has 1 saturated heterocycles. The number of esters is 2. The van der Waals surface area contributed by atoms with Crippen molar-refractivity contribution in [3.05, 3.63) is 34.2 Å². The first-order chi connectivity index (χ1) is 16.1. The van der Waals surface area contributed by atoms with Gasteiger partial charge in [-0.3, -0.25) is 9.63 Å². The molecule has 1 amide bonds. The first-order valence-corrected chi connectivity index (χ1v) is 11.2. The van der Waals surface area contributed by atoms with Gasteiger partial charge in [0.05, 0.1) is 5.69 Å². The average molecular weight is 491 g/mol. The number of ether oxygens (including phenoxy) is 2. The molecule has 1 aromatic carbocycles. The molecule has 0 aromatic heterocycles. The van der Waals surface area contributed by atoms with Gasteiger partial charge in [-0.05, 0) is 65.6 Å². The fourth-order valence-corrected chi connectivity index (χ4v) is 3.50. The number of benzene rings is 1. The van der Waals surface area contributed by atoms with Gasteiger partial charge in [0, 0.05) is 36.8 Å². The highest BCUT2D eigenvalue weighted by Gasteiger charge is 2.61. The van der Waals surface area contributed by atoms with Crippen LogP contribution in [0.2, 0.25) is 0 Å². The molecular weight excluding hydrogens is 456 g/mol. The SMILES string of the molecule is Cc1ccc(N=[N+]=[N-])c(N2CCN(C(=O)C(ON)(C(=O)OC(C)(C)C)C(=O)OC(C)(C)C)CC2)c1. The fraction of sp³-hybridized carbons (Fsp3) is 0.609. The van der Waals surface area contributed by atoms with Crippen molar-refractivity contribution in [1.82, 2.24) is 4.90 Å². The molecule has 12 nitrogen and oxygen atoms in total. The molecule has 1 aliphatic heterocycles. The van der Waals surface area contributed by atoms with Crippen molar-refractivity contribution < 1.29 is 28.7 Å². The maximum atomic E-state index is 13.6. The number of hydrogen-bond acceptors (Lipinski definition) is 9. The lowest BCUT2D eigenvalue weighted by Crippen LogP contribution is -2.66. The molecule has 1 fully saturated rings. The van der Waals surface area contributed by atoms with E-state index in [4.69, 9.17) is 25.7 Å². The average Bonchev–Trinajstić information content (AvgIpc) is 2.73. The van der Waals surface area contributed by atoms with E-state index >= 15 is 0 Å². The van der Waals surface area contributed by atoms with Crippen molar-refractivity contribution in [2.45, 2.75) is 65.3 Å². The smallest absolute Gasteiger partial charge is 0.363 e. The van der Waals surface area contributed by atoms with Crippen LogP contribution in [0.15, 0.2) is 23.3 Å². The Morgan fingerprint density at radius 3 is 1.91 bits per heavy atom. The van der Waals surface area contributed by atoms with Crippen molar-refractivity contribution in [1.29, 1.82) is 0 Å². The normalized spacial score (nSPS) is 14.7. The topological polar surface area (TPSA) is 160 Å². The Morgan fingerprint density at radius 2 is 1.49 bits per heavy atom. The summed E-state index contributed by atoms with van der Waals surface area (Å²) < 4.78 is 10.7. The van der Waals surface area contributed by atoms with Gasteiger partial charge in [0.15, 0.2) is 0 Å². The first-order valence-electron chi connectivity index (χ1n) is 11.2. The van der Waals surface area contributed by atoms with E-state index in [-0.39, 0.29) is 13.1 Å². The minimum Gasteiger partial charge on any atom is -0.457 e. The minimum atomic E-state index is -2.82. The molecule has 2 N–H and O–H groups in total. The molecule has 0 bridgehead atoms. The van der Waals surface area contributed by atoms with E-state index in [1.165, 1.54) is 4.90 Å². The van der Waals surface area contributed by atoms with E-state index in [0.29, 0.717) is 18.8 Å². The van der Waals surface area contributed by atoms with Crippen molar-refractivity contribution >= 4 is 29.2 Å². The van der Waals surface area contributed by atoms with Crippen LogP contribution in [0.3, 0.4) is 0 Å². The van der Waals surface area contributed by atoms with Gasteiger partial charge >= 0.3 is 17.5 Å². The maximum absolute atomic E-state index is 13.6. The molecule has 2 rings (SSSR count). The summed E-state index contributed by atoms with van der Waals surface area (Å²) in [5.74, 6) is 1.96.